The molecule has 226 valence electrons. The number of esters is 1. The van der Waals surface area contributed by atoms with E-state index in [9.17, 15) is 19.7 Å². The lowest BCUT2D eigenvalue weighted by Crippen LogP contribution is -2.39. The third-order valence-corrected chi connectivity index (χ3v) is 8.35. The second kappa shape index (κ2) is 13.0. The molecule has 1 saturated heterocycles. The summed E-state index contributed by atoms with van der Waals surface area (Å²) in [5, 5.41) is 23.9. The van der Waals surface area contributed by atoms with Crippen molar-refractivity contribution >= 4 is 30.8 Å². The summed E-state index contributed by atoms with van der Waals surface area (Å²) in [5.41, 5.74) is 4.80. The van der Waals surface area contributed by atoms with Gasteiger partial charge in [0.1, 0.15) is 29.4 Å². The smallest absolute Gasteiger partial charge is 0.459 e. The number of aromatic nitrogens is 4. The highest BCUT2D eigenvalue weighted by molar-refractivity contribution is 7.52. The molecule has 3 aromatic rings. The van der Waals surface area contributed by atoms with Gasteiger partial charge in [0.05, 0.1) is 32.7 Å². The van der Waals surface area contributed by atoms with Crippen LogP contribution in [0.3, 0.4) is 0 Å². The van der Waals surface area contributed by atoms with Crippen LogP contribution >= 0.6 is 7.75 Å². The first-order valence-corrected chi connectivity index (χ1v) is 14.8. The van der Waals surface area contributed by atoms with E-state index in [1.54, 1.807) is 30.3 Å². The van der Waals surface area contributed by atoms with Crippen LogP contribution in [0.2, 0.25) is 0 Å². The zero-order valence-corrected chi connectivity index (χ0v) is 24.6. The zero-order chi connectivity index (χ0) is 30.5. The van der Waals surface area contributed by atoms with E-state index in [0.29, 0.717) is 6.42 Å². The molecule has 0 amide bonds. The van der Waals surface area contributed by atoms with Crippen molar-refractivity contribution in [2.75, 3.05) is 26.1 Å². The van der Waals surface area contributed by atoms with Crippen molar-refractivity contribution in [2.24, 2.45) is 5.41 Å². The standard InChI is InChI=1S/C26H34N7O8P/c1-5-6-12-38-23(35)16(2)32-42(36,41-17-10-8-7-9-11-17)39-13-18-20(34)26(3,14-27)24(40-18)33-15-29-19-21(33)30-25(28)31-22(19)37-4/h7-11,15-16,18,20,24,34H,5-6,12-13H2,1-4H3,(H,32,36)(H2,28,30,31)/t16-,18+,20+,24+,26+,42?/m0/s1. The molecule has 6 atom stereocenters. The van der Waals surface area contributed by atoms with E-state index in [0.717, 1.165) is 6.42 Å². The minimum atomic E-state index is -4.25. The molecule has 4 rings (SSSR count). The molecular weight excluding hydrogens is 569 g/mol. The first kappa shape index (κ1) is 31.1. The molecule has 0 radical (unpaired) electrons. The summed E-state index contributed by atoms with van der Waals surface area (Å²) in [5.74, 6) is -0.392. The number of nitrogens with two attached hydrogens (primary N) is 1. The highest BCUT2D eigenvalue weighted by Crippen LogP contribution is 2.49. The number of aliphatic hydroxyl groups is 1. The molecule has 1 aromatic carbocycles. The number of nitrogens with zero attached hydrogens (tertiary/aromatic N) is 5. The number of imidazole rings is 1. The van der Waals surface area contributed by atoms with Gasteiger partial charge in [-0.15, -0.1) is 0 Å². The van der Waals surface area contributed by atoms with Crippen LogP contribution in [0.25, 0.3) is 11.2 Å². The van der Waals surface area contributed by atoms with Crippen LogP contribution in [0.1, 0.15) is 39.8 Å². The fourth-order valence-corrected chi connectivity index (χ4v) is 5.86. The SMILES string of the molecule is CCCCOC(=O)[C@H](C)NP(=O)(OC[C@H]1O[C@@H](n2cnc3c(OC)nc(N)nc32)[C@](C)(C#N)[C@@H]1O)Oc1ccccc1. The summed E-state index contributed by atoms with van der Waals surface area (Å²) in [6.07, 6.45) is -0.783. The molecule has 0 saturated carbocycles. The molecule has 1 unspecified atom stereocenters. The predicted octanol–water partition coefficient (Wildman–Crippen LogP) is 2.73. The number of carbonyl (C=O) groups is 1. The molecule has 16 heteroatoms. The number of rotatable bonds is 13. The molecule has 1 aliphatic heterocycles. The third-order valence-electron chi connectivity index (χ3n) is 6.70. The quantitative estimate of drug-likeness (QED) is 0.146. The molecule has 0 spiro atoms. The molecular formula is C26H34N7O8P. The van der Waals surface area contributed by atoms with E-state index in [4.69, 9.17) is 29.0 Å². The van der Waals surface area contributed by atoms with E-state index in [2.05, 4.69) is 26.1 Å². The van der Waals surface area contributed by atoms with Crippen LogP contribution in [0, 0.1) is 16.7 Å². The molecule has 2 aromatic heterocycles. The van der Waals surface area contributed by atoms with E-state index in [1.807, 2.05) is 6.92 Å². The van der Waals surface area contributed by atoms with Crippen LogP contribution in [0.4, 0.5) is 5.95 Å². The molecule has 15 nitrogen and oxygen atoms in total. The summed E-state index contributed by atoms with van der Waals surface area (Å²) in [6, 6.07) is 9.29. The van der Waals surface area contributed by atoms with Crippen molar-refractivity contribution in [1.82, 2.24) is 24.6 Å². The van der Waals surface area contributed by atoms with E-state index in [-0.39, 0.29) is 35.3 Å². The Hall–Kier alpha value is -3.80. The zero-order valence-electron chi connectivity index (χ0n) is 23.7. The van der Waals surface area contributed by atoms with Gasteiger partial charge in [0, 0.05) is 0 Å². The van der Waals surface area contributed by atoms with Gasteiger partial charge >= 0.3 is 13.7 Å². The van der Waals surface area contributed by atoms with Crippen LogP contribution in [0.15, 0.2) is 36.7 Å². The van der Waals surface area contributed by atoms with Crippen LogP contribution < -0.4 is 20.1 Å². The number of unbranched alkanes of at least 4 members (excludes halogenated alkanes) is 1. The Labute approximate surface area is 242 Å². The molecule has 4 N–H and O–H groups in total. The van der Waals surface area contributed by atoms with E-state index in [1.165, 1.54) is 31.9 Å². The summed E-state index contributed by atoms with van der Waals surface area (Å²) >= 11 is 0. The number of carbonyl (C=O) groups excluding carboxylic acids is 1. The number of methoxy groups -OCH3 is 1. The lowest BCUT2D eigenvalue weighted by molar-refractivity contribution is -0.145. The number of hydrogen-bond acceptors (Lipinski definition) is 13. The minimum Gasteiger partial charge on any atom is -0.479 e. The fourth-order valence-electron chi connectivity index (χ4n) is 4.35. The van der Waals surface area contributed by atoms with E-state index >= 15 is 0 Å². The normalized spacial score (nSPS) is 24.0. The third kappa shape index (κ3) is 6.48. The molecule has 42 heavy (non-hydrogen) atoms. The van der Waals surface area contributed by atoms with Crippen LogP contribution in [-0.4, -0.2) is 69.2 Å². The first-order chi connectivity index (χ1) is 20.0. The molecule has 1 fully saturated rings. The topological polar surface area (TPSA) is 206 Å². The number of para-hydroxylation sites is 1. The predicted molar refractivity (Wildman–Crippen MR) is 149 cm³/mol. The number of hydrogen-bond donors (Lipinski definition) is 3. The van der Waals surface area contributed by atoms with Gasteiger partial charge in [-0.1, -0.05) is 31.5 Å². The average Bonchev–Trinajstić information content (AvgIpc) is 3.50. The number of ether oxygens (including phenoxy) is 3. The number of nitriles is 1. The van der Waals surface area contributed by atoms with Crippen molar-refractivity contribution in [3.05, 3.63) is 36.7 Å². The van der Waals surface area contributed by atoms with Gasteiger partial charge < -0.3 is 29.6 Å². The van der Waals surface area contributed by atoms with E-state index < -0.39 is 50.2 Å². The van der Waals surface area contributed by atoms with Crippen molar-refractivity contribution in [3.8, 4) is 17.7 Å². The largest absolute Gasteiger partial charge is 0.479 e. The summed E-state index contributed by atoms with van der Waals surface area (Å²) in [4.78, 5) is 25.0. The van der Waals surface area contributed by atoms with Gasteiger partial charge in [-0.3, -0.25) is 13.9 Å². The lowest BCUT2D eigenvalue weighted by atomic mass is 9.84. The Morgan fingerprint density at radius 1 is 1.36 bits per heavy atom. The first-order valence-electron chi connectivity index (χ1n) is 13.3. The van der Waals surface area contributed by atoms with Gasteiger partial charge in [-0.25, -0.2) is 9.55 Å². The Morgan fingerprint density at radius 3 is 2.76 bits per heavy atom. The Kier molecular flexibility index (Phi) is 9.65. The van der Waals surface area contributed by atoms with Crippen molar-refractivity contribution in [3.63, 3.8) is 0 Å². The Morgan fingerprint density at radius 2 is 2.10 bits per heavy atom. The number of aliphatic hydroxyl groups excluding tert-OH is 1. The fraction of sp³-hybridized carbons (Fsp3) is 0.500. The van der Waals surface area contributed by atoms with Crippen LogP contribution in [0.5, 0.6) is 11.6 Å². The Bertz CT molecular complexity index is 1480. The number of fused-ring (bicyclic) bond motifs is 1. The maximum atomic E-state index is 13.9. The molecule has 0 bridgehead atoms. The number of nitrogen functional groups attached to an aromatic ring is 1. The highest BCUT2D eigenvalue weighted by atomic mass is 31.2. The average molecular weight is 604 g/mol. The number of benzene rings is 1. The van der Waals surface area contributed by atoms with Crippen LogP contribution in [-0.2, 0) is 23.4 Å². The second-order valence-electron chi connectivity index (χ2n) is 9.85. The van der Waals surface area contributed by atoms with Gasteiger partial charge in [0.15, 0.2) is 17.4 Å². The van der Waals surface area contributed by atoms with Crippen molar-refractivity contribution in [1.29, 1.82) is 5.26 Å². The van der Waals surface area contributed by atoms with Gasteiger partial charge in [-0.2, -0.15) is 20.3 Å². The summed E-state index contributed by atoms with van der Waals surface area (Å²) in [6.45, 7) is 4.67. The number of anilines is 1. The second-order valence-corrected chi connectivity index (χ2v) is 11.5. The lowest BCUT2D eigenvalue weighted by Gasteiger charge is -2.26. The highest BCUT2D eigenvalue weighted by Gasteiger charge is 2.55. The molecule has 1 aliphatic rings. The summed E-state index contributed by atoms with van der Waals surface area (Å²) < 4.78 is 43.3. The summed E-state index contributed by atoms with van der Waals surface area (Å²) in [7, 11) is -2.85. The van der Waals surface area contributed by atoms with Crippen molar-refractivity contribution in [2.45, 2.75) is 58.1 Å². The van der Waals surface area contributed by atoms with Gasteiger partial charge in [-0.05, 0) is 32.4 Å². The van der Waals surface area contributed by atoms with Gasteiger partial charge in [0.25, 0.3) is 0 Å². The molecule has 0 aliphatic carbocycles. The minimum absolute atomic E-state index is 0.0920. The maximum Gasteiger partial charge on any atom is 0.459 e. The molecule has 3 heterocycles. The Balaban J connectivity index is 1.57. The van der Waals surface area contributed by atoms with Crippen molar-refractivity contribution < 1.29 is 37.7 Å². The van der Waals surface area contributed by atoms with Gasteiger partial charge in [0.2, 0.25) is 11.8 Å². The number of nitrogens with one attached hydrogen (secondary N) is 1. The maximum absolute atomic E-state index is 13.9. The monoisotopic (exact) mass is 603 g/mol.